The van der Waals surface area contributed by atoms with Crippen LogP contribution in [-0.4, -0.2) is 33.5 Å². The fourth-order valence-corrected chi connectivity index (χ4v) is 3.04. The summed E-state index contributed by atoms with van der Waals surface area (Å²) in [4.78, 5) is 25.8. The Kier molecular flexibility index (Phi) is 3.88. The summed E-state index contributed by atoms with van der Waals surface area (Å²) in [6.07, 6.45) is 0. The van der Waals surface area contributed by atoms with Crippen LogP contribution in [0.3, 0.4) is 0 Å². The molecule has 23 heavy (non-hydrogen) atoms. The highest BCUT2D eigenvalue weighted by atomic mass is 16.4. The molecular formula is C18H17NO4. The molecule has 0 aliphatic carbocycles. The molecule has 2 aromatic rings. The molecule has 1 saturated heterocycles. The van der Waals surface area contributed by atoms with Crippen LogP contribution in [-0.2, 0) is 21.7 Å². The maximum atomic E-state index is 12.8. The van der Waals surface area contributed by atoms with Gasteiger partial charge in [-0.25, -0.2) is 0 Å². The number of benzene rings is 2. The lowest BCUT2D eigenvalue weighted by molar-refractivity contribution is -0.157. The third kappa shape index (κ3) is 2.59. The van der Waals surface area contributed by atoms with Crippen molar-refractivity contribution in [3.05, 3.63) is 71.8 Å². The van der Waals surface area contributed by atoms with E-state index < -0.39 is 23.4 Å². The number of hydrogen-bond donors (Lipinski definition) is 2. The third-order valence-corrected chi connectivity index (χ3v) is 4.25. The van der Waals surface area contributed by atoms with Gasteiger partial charge in [-0.3, -0.25) is 9.59 Å². The van der Waals surface area contributed by atoms with Gasteiger partial charge in [-0.1, -0.05) is 60.7 Å². The van der Waals surface area contributed by atoms with Gasteiger partial charge in [0.25, 0.3) is 5.91 Å². The Morgan fingerprint density at radius 2 is 1.65 bits per heavy atom. The topological polar surface area (TPSA) is 77.8 Å². The summed E-state index contributed by atoms with van der Waals surface area (Å²) in [6, 6.07) is 17.6. The molecule has 0 radical (unpaired) electrons. The van der Waals surface area contributed by atoms with Gasteiger partial charge in [0.05, 0.1) is 0 Å². The van der Waals surface area contributed by atoms with Gasteiger partial charge in [-0.15, -0.1) is 0 Å². The number of carboxylic acid groups (broad SMARTS) is 1. The minimum Gasteiger partial charge on any atom is -0.481 e. The van der Waals surface area contributed by atoms with E-state index in [1.165, 1.54) is 4.90 Å². The van der Waals surface area contributed by atoms with Crippen molar-refractivity contribution in [1.29, 1.82) is 0 Å². The summed E-state index contributed by atoms with van der Waals surface area (Å²) >= 11 is 0. The highest BCUT2D eigenvalue weighted by molar-refractivity contribution is 5.95. The summed E-state index contributed by atoms with van der Waals surface area (Å²) in [5.74, 6) is -2.94. The average molecular weight is 311 g/mol. The predicted molar refractivity (Wildman–Crippen MR) is 83.3 cm³/mol. The molecule has 5 nitrogen and oxygen atoms in total. The molecule has 0 bridgehead atoms. The standard InChI is InChI=1S/C18H17NO4/c20-16(21)15-12-19(11-13-7-3-1-4-8-13)17(22)18(15,23)14-9-5-2-6-10-14/h1-10,15,23H,11-12H2,(H,20,21). The number of carbonyl (C=O) groups is 2. The first kappa shape index (κ1) is 15.2. The van der Waals surface area contributed by atoms with Crippen LogP contribution in [0.25, 0.3) is 0 Å². The number of likely N-dealkylation sites (tertiary alicyclic amines) is 1. The predicted octanol–water partition coefficient (Wildman–Crippen LogP) is 1.62. The fraction of sp³-hybridized carbons (Fsp3) is 0.222. The van der Waals surface area contributed by atoms with Crippen molar-refractivity contribution in [3.8, 4) is 0 Å². The van der Waals surface area contributed by atoms with E-state index >= 15 is 0 Å². The van der Waals surface area contributed by atoms with E-state index in [9.17, 15) is 19.8 Å². The first-order valence-corrected chi connectivity index (χ1v) is 7.37. The monoisotopic (exact) mass is 311 g/mol. The summed E-state index contributed by atoms with van der Waals surface area (Å²) in [6.45, 7) is 0.257. The lowest BCUT2D eigenvalue weighted by Crippen LogP contribution is -2.43. The van der Waals surface area contributed by atoms with Crippen LogP contribution in [0.2, 0.25) is 0 Å². The lowest BCUT2D eigenvalue weighted by Gasteiger charge is -2.25. The SMILES string of the molecule is O=C(O)C1CN(Cc2ccccc2)C(=O)C1(O)c1ccccc1. The maximum Gasteiger partial charge on any atom is 0.312 e. The van der Waals surface area contributed by atoms with E-state index in [0.29, 0.717) is 5.56 Å². The van der Waals surface area contributed by atoms with E-state index in [0.717, 1.165) is 5.56 Å². The number of rotatable bonds is 4. The number of amides is 1. The van der Waals surface area contributed by atoms with Gasteiger partial charge in [-0.05, 0) is 11.1 Å². The Morgan fingerprint density at radius 3 is 2.22 bits per heavy atom. The van der Waals surface area contributed by atoms with Gasteiger partial charge in [0.1, 0.15) is 5.92 Å². The maximum absolute atomic E-state index is 12.8. The van der Waals surface area contributed by atoms with Crippen LogP contribution in [0, 0.1) is 5.92 Å². The van der Waals surface area contributed by atoms with Crippen LogP contribution >= 0.6 is 0 Å². The fourth-order valence-electron chi connectivity index (χ4n) is 3.04. The van der Waals surface area contributed by atoms with Gasteiger partial charge >= 0.3 is 5.97 Å². The average Bonchev–Trinajstić information content (AvgIpc) is 2.83. The number of carbonyl (C=O) groups excluding carboxylic acids is 1. The van der Waals surface area contributed by atoms with Crippen molar-refractivity contribution in [2.45, 2.75) is 12.1 Å². The van der Waals surface area contributed by atoms with Crippen LogP contribution < -0.4 is 0 Å². The van der Waals surface area contributed by atoms with Crippen molar-refractivity contribution in [2.75, 3.05) is 6.54 Å². The first-order chi connectivity index (χ1) is 11.0. The third-order valence-electron chi connectivity index (χ3n) is 4.25. The molecule has 0 saturated carbocycles. The summed E-state index contributed by atoms with van der Waals surface area (Å²) < 4.78 is 0. The Hall–Kier alpha value is -2.66. The summed E-state index contributed by atoms with van der Waals surface area (Å²) in [7, 11) is 0. The molecule has 2 unspecified atom stereocenters. The summed E-state index contributed by atoms with van der Waals surface area (Å²) in [5, 5.41) is 20.4. The molecule has 5 heteroatoms. The molecule has 1 aliphatic rings. The molecule has 0 aromatic heterocycles. The molecule has 0 spiro atoms. The number of hydrogen-bond acceptors (Lipinski definition) is 3. The van der Waals surface area contributed by atoms with E-state index in [4.69, 9.17) is 0 Å². The van der Waals surface area contributed by atoms with Gasteiger partial charge in [-0.2, -0.15) is 0 Å². The Bertz CT molecular complexity index is 716. The molecule has 118 valence electrons. The smallest absolute Gasteiger partial charge is 0.312 e. The highest BCUT2D eigenvalue weighted by Gasteiger charge is 2.57. The number of aliphatic hydroxyl groups is 1. The second kappa shape index (κ2) is 5.85. The Morgan fingerprint density at radius 1 is 1.09 bits per heavy atom. The van der Waals surface area contributed by atoms with Crippen molar-refractivity contribution in [2.24, 2.45) is 5.92 Å². The van der Waals surface area contributed by atoms with Crippen LogP contribution in [0.15, 0.2) is 60.7 Å². The molecule has 3 rings (SSSR count). The van der Waals surface area contributed by atoms with Crippen LogP contribution in [0.5, 0.6) is 0 Å². The number of aliphatic carboxylic acids is 1. The van der Waals surface area contributed by atoms with Crippen molar-refractivity contribution in [3.63, 3.8) is 0 Å². The number of carboxylic acids is 1. The van der Waals surface area contributed by atoms with Gasteiger partial charge < -0.3 is 15.1 Å². The van der Waals surface area contributed by atoms with Gasteiger partial charge in [0.2, 0.25) is 0 Å². The van der Waals surface area contributed by atoms with E-state index in [1.54, 1.807) is 30.3 Å². The zero-order chi connectivity index (χ0) is 16.4. The van der Waals surface area contributed by atoms with E-state index in [1.807, 2.05) is 30.3 Å². The second-order valence-corrected chi connectivity index (χ2v) is 5.69. The van der Waals surface area contributed by atoms with E-state index in [-0.39, 0.29) is 13.1 Å². The molecule has 1 aliphatic heterocycles. The number of nitrogens with zero attached hydrogens (tertiary/aromatic N) is 1. The van der Waals surface area contributed by atoms with Crippen molar-refractivity contribution < 1.29 is 19.8 Å². The zero-order valence-corrected chi connectivity index (χ0v) is 12.4. The minimum atomic E-state index is -2.03. The molecular weight excluding hydrogens is 294 g/mol. The lowest BCUT2D eigenvalue weighted by atomic mass is 9.83. The molecule has 2 N–H and O–H groups in total. The van der Waals surface area contributed by atoms with Crippen LogP contribution in [0.1, 0.15) is 11.1 Å². The quantitative estimate of drug-likeness (QED) is 0.899. The second-order valence-electron chi connectivity index (χ2n) is 5.69. The molecule has 1 amide bonds. The molecule has 2 aromatic carbocycles. The first-order valence-electron chi connectivity index (χ1n) is 7.37. The Labute approximate surface area is 133 Å². The van der Waals surface area contributed by atoms with Crippen LogP contribution in [0.4, 0.5) is 0 Å². The summed E-state index contributed by atoms with van der Waals surface area (Å²) in [5.41, 5.74) is -0.822. The minimum absolute atomic E-state index is 0.0194. The van der Waals surface area contributed by atoms with Gasteiger partial charge in [0, 0.05) is 13.1 Å². The molecule has 2 atom stereocenters. The van der Waals surface area contributed by atoms with Gasteiger partial charge in [0.15, 0.2) is 5.60 Å². The Balaban J connectivity index is 1.95. The normalized spacial score (nSPS) is 24.0. The van der Waals surface area contributed by atoms with Crippen molar-refractivity contribution >= 4 is 11.9 Å². The molecule has 1 heterocycles. The van der Waals surface area contributed by atoms with E-state index in [2.05, 4.69) is 0 Å². The molecule has 1 fully saturated rings. The van der Waals surface area contributed by atoms with Crippen molar-refractivity contribution in [1.82, 2.24) is 4.90 Å². The zero-order valence-electron chi connectivity index (χ0n) is 12.4. The highest BCUT2D eigenvalue weighted by Crippen LogP contribution is 2.39. The largest absolute Gasteiger partial charge is 0.481 e.